The van der Waals surface area contributed by atoms with Gasteiger partial charge >= 0.3 is 5.97 Å². The minimum absolute atomic E-state index is 0.360. The number of hydrogen-bond donors (Lipinski definition) is 1. The molecule has 1 aromatic rings. The van der Waals surface area contributed by atoms with Crippen LogP contribution in [-0.2, 0) is 11.3 Å². The lowest BCUT2D eigenvalue weighted by molar-refractivity contribution is 0.0549. The van der Waals surface area contributed by atoms with Gasteiger partial charge in [0.25, 0.3) is 0 Å². The second kappa shape index (κ2) is 6.86. The molecule has 0 aromatic heterocycles. The maximum absolute atomic E-state index is 10.9. The summed E-state index contributed by atoms with van der Waals surface area (Å²) in [6.45, 7) is 5.67. The van der Waals surface area contributed by atoms with Gasteiger partial charge in [0.05, 0.1) is 5.56 Å². The molecule has 1 saturated heterocycles. The fourth-order valence-electron chi connectivity index (χ4n) is 2.73. The van der Waals surface area contributed by atoms with Crippen molar-refractivity contribution < 1.29 is 14.6 Å². The van der Waals surface area contributed by atoms with Gasteiger partial charge in [0, 0.05) is 26.3 Å². The van der Waals surface area contributed by atoms with Crippen LogP contribution >= 0.6 is 0 Å². The Morgan fingerprint density at radius 3 is 2.70 bits per heavy atom. The molecule has 1 fully saturated rings. The standard InChI is InChI=1S/C16H23NO3/c1-12-9-14(16(18)19)3-4-15(12)11-17(2)10-13-5-7-20-8-6-13/h3-4,9,13H,5-8,10-11H2,1-2H3,(H,18,19). The van der Waals surface area contributed by atoms with Gasteiger partial charge < -0.3 is 14.7 Å². The lowest BCUT2D eigenvalue weighted by Crippen LogP contribution is -2.29. The van der Waals surface area contributed by atoms with E-state index in [-0.39, 0.29) is 0 Å². The average Bonchev–Trinajstić information content (AvgIpc) is 2.42. The Labute approximate surface area is 120 Å². The van der Waals surface area contributed by atoms with E-state index in [1.165, 1.54) is 5.56 Å². The molecule has 0 spiro atoms. The second-order valence-corrected chi connectivity index (χ2v) is 5.70. The minimum atomic E-state index is -0.866. The molecule has 1 N–H and O–H groups in total. The van der Waals surface area contributed by atoms with E-state index >= 15 is 0 Å². The molecule has 0 bridgehead atoms. The summed E-state index contributed by atoms with van der Waals surface area (Å²) in [5, 5.41) is 8.98. The van der Waals surface area contributed by atoms with Crippen LogP contribution in [0.4, 0.5) is 0 Å². The summed E-state index contributed by atoms with van der Waals surface area (Å²) in [6.07, 6.45) is 2.28. The third-order valence-electron chi connectivity index (χ3n) is 3.94. The van der Waals surface area contributed by atoms with Crippen molar-refractivity contribution >= 4 is 5.97 Å². The summed E-state index contributed by atoms with van der Waals surface area (Å²) >= 11 is 0. The SMILES string of the molecule is Cc1cc(C(=O)O)ccc1CN(C)CC1CCOCC1. The number of carbonyl (C=O) groups is 1. The van der Waals surface area contributed by atoms with E-state index in [0.29, 0.717) is 11.5 Å². The van der Waals surface area contributed by atoms with Crippen molar-refractivity contribution in [2.75, 3.05) is 26.8 Å². The highest BCUT2D eigenvalue weighted by Gasteiger charge is 2.16. The Morgan fingerprint density at radius 1 is 1.40 bits per heavy atom. The van der Waals surface area contributed by atoms with E-state index in [4.69, 9.17) is 9.84 Å². The van der Waals surface area contributed by atoms with Crippen molar-refractivity contribution in [2.45, 2.75) is 26.3 Å². The Balaban J connectivity index is 1.93. The largest absolute Gasteiger partial charge is 0.478 e. The van der Waals surface area contributed by atoms with E-state index < -0.39 is 5.97 Å². The number of benzene rings is 1. The Hall–Kier alpha value is -1.39. The smallest absolute Gasteiger partial charge is 0.335 e. The summed E-state index contributed by atoms with van der Waals surface area (Å²) in [6, 6.07) is 5.37. The highest BCUT2D eigenvalue weighted by molar-refractivity contribution is 5.87. The maximum atomic E-state index is 10.9. The minimum Gasteiger partial charge on any atom is -0.478 e. The molecule has 110 valence electrons. The summed E-state index contributed by atoms with van der Waals surface area (Å²) in [4.78, 5) is 13.2. The number of ether oxygens (including phenoxy) is 1. The molecule has 0 atom stereocenters. The molecule has 0 unspecified atom stereocenters. The fraction of sp³-hybridized carbons (Fsp3) is 0.562. The van der Waals surface area contributed by atoms with E-state index in [9.17, 15) is 4.79 Å². The van der Waals surface area contributed by atoms with Crippen molar-refractivity contribution in [3.05, 3.63) is 34.9 Å². The van der Waals surface area contributed by atoms with Crippen LogP contribution in [0.2, 0.25) is 0 Å². The highest BCUT2D eigenvalue weighted by Crippen LogP contribution is 2.18. The van der Waals surface area contributed by atoms with Crippen LogP contribution in [0.5, 0.6) is 0 Å². The predicted octanol–water partition coefficient (Wildman–Crippen LogP) is 2.55. The Morgan fingerprint density at radius 2 is 2.10 bits per heavy atom. The van der Waals surface area contributed by atoms with Gasteiger partial charge in [0.15, 0.2) is 0 Å². The molecule has 0 saturated carbocycles. The molecule has 1 aromatic carbocycles. The normalized spacial score (nSPS) is 16.6. The summed E-state index contributed by atoms with van der Waals surface area (Å²) < 4.78 is 5.38. The third kappa shape index (κ3) is 4.05. The topological polar surface area (TPSA) is 49.8 Å². The molecule has 1 aliphatic rings. The predicted molar refractivity (Wildman–Crippen MR) is 78.0 cm³/mol. The van der Waals surface area contributed by atoms with E-state index in [0.717, 1.165) is 44.7 Å². The number of aryl methyl sites for hydroxylation is 1. The molecule has 0 radical (unpaired) electrons. The molecule has 4 heteroatoms. The van der Waals surface area contributed by atoms with Crippen LogP contribution in [0.15, 0.2) is 18.2 Å². The van der Waals surface area contributed by atoms with Crippen LogP contribution in [0.1, 0.15) is 34.3 Å². The highest BCUT2D eigenvalue weighted by atomic mass is 16.5. The molecule has 2 rings (SSSR count). The summed E-state index contributed by atoms with van der Waals surface area (Å²) in [5.74, 6) is -0.150. The van der Waals surface area contributed by atoms with Crippen LogP contribution in [0.25, 0.3) is 0 Å². The molecule has 4 nitrogen and oxygen atoms in total. The first-order chi connectivity index (χ1) is 9.56. The third-order valence-corrected chi connectivity index (χ3v) is 3.94. The lowest BCUT2D eigenvalue weighted by Gasteiger charge is -2.27. The summed E-state index contributed by atoms with van der Waals surface area (Å²) in [7, 11) is 2.13. The van der Waals surface area contributed by atoms with Crippen LogP contribution in [-0.4, -0.2) is 42.8 Å². The van der Waals surface area contributed by atoms with Crippen LogP contribution < -0.4 is 0 Å². The van der Waals surface area contributed by atoms with Crippen LogP contribution in [0, 0.1) is 12.8 Å². The van der Waals surface area contributed by atoms with Crippen molar-refractivity contribution in [2.24, 2.45) is 5.92 Å². The first kappa shape index (κ1) is 15.0. The van der Waals surface area contributed by atoms with E-state index in [1.807, 2.05) is 13.0 Å². The van der Waals surface area contributed by atoms with Crippen molar-refractivity contribution in [3.63, 3.8) is 0 Å². The molecule has 0 amide bonds. The van der Waals surface area contributed by atoms with Gasteiger partial charge in [0.1, 0.15) is 0 Å². The van der Waals surface area contributed by atoms with Gasteiger partial charge in [0.2, 0.25) is 0 Å². The Bertz CT molecular complexity index is 467. The van der Waals surface area contributed by atoms with E-state index in [1.54, 1.807) is 12.1 Å². The average molecular weight is 277 g/mol. The first-order valence-electron chi connectivity index (χ1n) is 7.15. The van der Waals surface area contributed by atoms with Crippen molar-refractivity contribution in [1.29, 1.82) is 0 Å². The number of rotatable bonds is 5. The molecule has 0 aliphatic carbocycles. The number of nitrogens with zero attached hydrogens (tertiary/aromatic N) is 1. The van der Waals surface area contributed by atoms with Crippen molar-refractivity contribution in [1.82, 2.24) is 4.90 Å². The zero-order valence-electron chi connectivity index (χ0n) is 12.3. The zero-order chi connectivity index (χ0) is 14.5. The van der Waals surface area contributed by atoms with Gasteiger partial charge in [-0.15, -0.1) is 0 Å². The fourth-order valence-corrected chi connectivity index (χ4v) is 2.73. The molecule has 1 heterocycles. The second-order valence-electron chi connectivity index (χ2n) is 5.70. The quantitative estimate of drug-likeness (QED) is 0.898. The molecular weight excluding hydrogens is 254 g/mol. The van der Waals surface area contributed by atoms with E-state index in [2.05, 4.69) is 11.9 Å². The number of carboxylic acids is 1. The van der Waals surface area contributed by atoms with Gasteiger partial charge in [-0.25, -0.2) is 4.79 Å². The van der Waals surface area contributed by atoms with Crippen LogP contribution in [0.3, 0.4) is 0 Å². The van der Waals surface area contributed by atoms with Gasteiger partial charge in [-0.05, 0) is 56.0 Å². The summed E-state index contributed by atoms with van der Waals surface area (Å²) in [5.41, 5.74) is 2.60. The molecular formula is C16H23NO3. The van der Waals surface area contributed by atoms with Crippen molar-refractivity contribution in [3.8, 4) is 0 Å². The van der Waals surface area contributed by atoms with Gasteiger partial charge in [-0.2, -0.15) is 0 Å². The lowest BCUT2D eigenvalue weighted by atomic mass is 9.99. The van der Waals surface area contributed by atoms with Gasteiger partial charge in [-0.3, -0.25) is 0 Å². The number of carboxylic acid groups (broad SMARTS) is 1. The Kier molecular flexibility index (Phi) is 5.15. The first-order valence-corrected chi connectivity index (χ1v) is 7.15. The maximum Gasteiger partial charge on any atom is 0.335 e. The zero-order valence-corrected chi connectivity index (χ0v) is 12.3. The van der Waals surface area contributed by atoms with Gasteiger partial charge in [-0.1, -0.05) is 6.07 Å². The molecule has 1 aliphatic heterocycles. The number of aromatic carboxylic acids is 1. The number of hydrogen-bond acceptors (Lipinski definition) is 3. The monoisotopic (exact) mass is 277 g/mol. The molecule has 20 heavy (non-hydrogen) atoms.